The van der Waals surface area contributed by atoms with E-state index in [4.69, 9.17) is 0 Å². The van der Waals surface area contributed by atoms with E-state index in [1.165, 1.54) is 0 Å². The number of hydroxylamine groups is 2. The van der Waals surface area contributed by atoms with Crippen LogP contribution in [0.5, 0.6) is 0 Å². The third-order valence-electron chi connectivity index (χ3n) is 1.92. The minimum atomic E-state index is -0.550. The van der Waals surface area contributed by atoms with E-state index in [9.17, 15) is 10.0 Å². The molecule has 1 N–H and O–H groups in total. The average molecular weight is 179 g/mol. The van der Waals surface area contributed by atoms with Crippen LogP contribution in [0, 0.1) is 0 Å². The molecule has 0 spiro atoms. The lowest BCUT2D eigenvalue weighted by atomic mass is 10.1. The van der Waals surface area contributed by atoms with Gasteiger partial charge in [-0.15, -0.1) is 0 Å². The van der Waals surface area contributed by atoms with Gasteiger partial charge in [-0.1, -0.05) is 37.3 Å². The molecule has 1 rings (SSSR count). The second kappa shape index (κ2) is 4.74. The molecule has 70 valence electrons. The zero-order chi connectivity index (χ0) is 9.68. The summed E-state index contributed by atoms with van der Waals surface area (Å²) < 4.78 is 0. The van der Waals surface area contributed by atoms with Crippen molar-refractivity contribution < 1.29 is 10.0 Å². The Morgan fingerprint density at radius 2 is 2.08 bits per heavy atom. The molecule has 0 radical (unpaired) electrons. The predicted octanol–water partition coefficient (Wildman–Crippen LogP) is 1.64. The molecule has 1 aromatic rings. The van der Waals surface area contributed by atoms with Gasteiger partial charge in [0.05, 0.1) is 0 Å². The highest BCUT2D eigenvalue weighted by Crippen LogP contribution is 2.15. The van der Waals surface area contributed by atoms with Crippen molar-refractivity contribution in [3.8, 4) is 0 Å². The van der Waals surface area contributed by atoms with E-state index in [0.29, 0.717) is 6.54 Å². The summed E-state index contributed by atoms with van der Waals surface area (Å²) in [7, 11) is 0. The molecule has 0 fully saturated rings. The molecule has 0 saturated heterocycles. The summed E-state index contributed by atoms with van der Waals surface area (Å²) in [6, 6.07) is 8.64. The molecule has 0 saturated carbocycles. The van der Waals surface area contributed by atoms with Crippen molar-refractivity contribution in [1.82, 2.24) is 5.06 Å². The lowest BCUT2D eigenvalue weighted by Crippen LogP contribution is -2.25. The molecule has 3 heteroatoms. The average Bonchev–Trinajstić information content (AvgIpc) is 2.20. The second-order valence-electron chi connectivity index (χ2n) is 2.75. The minimum Gasteiger partial charge on any atom is -0.313 e. The van der Waals surface area contributed by atoms with Gasteiger partial charge in [-0.2, -0.15) is 5.06 Å². The fraction of sp³-hybridized carbons (Fsp3) is 0.300. The fourth-order valence-electron chi connectivity index (χ4n) is 1.17. The SMILES string of the molecule is CCN(O)C(C=O)c1ccccc1. The van der Waals surface area contributed by atoms with E-state index >= 15 is 0 Å². The van der Waals surface area contributed by atoms with Gasteiger partial charge in [-0.25, -0.2) is 0 Å². The maximum absolute atomic E-state index is 10.7. The largest absolute Gasteiger partial charge is 0.313 e. The Kier molecular flexibility index (Phi) is 3.61. The van der Waals surface area contributed by atoms with Gasteiger partial charge in [-0.3, -0.25) is 0 Å². The van der Waals surface area contributed by atoms with Crippen LogP contribution >= 0.6 is 0 Å². The molecule has 0 aliphatic heterocycles. The number of nitrogens with zero attached hydrogens (tertiary/aromatic N) is 1. The van der Waals surface area contributed by atoms with Crippen molar-refractivity contribution in [1.29, 1.82) is 0 Å². The molecule has 1 unspecified atom stereocenters. The third kappa shape index (κ3) is 2.37. The Hall–Kier alpha value is -1.19. The minimum absolute atomic E-state index is 0.429. The van der Waals surface area contributed by atoms with Crippen LogP contribution in [0.25, 0.3) is 0 Å². The first-order valence-electron chi connectivity index (χ1n) is 4.25. The quantitative estimate of drug-likeness (QED) is 0.564. The molecule has 0 bridgehead atoms. The van der Waals surface area contributed by atoms with Crippen LogP contribution in [0.1, 0.15) is 18.5 Å². The van der Waals surface area contributed by atoms with Gasteiger partial charge in [0.1, 0.15) is 12.3 Å². The van der Waals surface area contributed by atoms with Crippen molar-refractivity contribution in [2.24, 2.45) is 0 Å². The van der Waals surface area contributed by atoms with Crippen molar-refractivity contribution >= 4 is 6.29 Å². The molecular weight excluding hydrogens is 166 g/mol. The summed E-state index contributed by atoms with van der Waals surface area (Å²) in [6.07, 6.45) is 0.735. The van der Waals surface area contributed by atoms with E-state index in [1.807, 2.05) is 30.3 Å². The number of rotatable bonds is 4. The van der Waals surface area contributed by atoms with Crippen LogP contribution in [0.15, 0.2) is 30.3 Å². The van der Waals surface area contributed by atoms with Crippen LogP contribution in [0.4, 0.5) is 0 Å². The normalized spacial score (nSPS) is 12.8. The Bertz CT molecular complexity index is 261. The molecule has 0 heterocycles. The maximum atomic E-state index is 10.7. The highest BCUT2D eigenvalue weighted by molar-refractivity contribution is 5.61. The maximum Gasteiger partial charge on any atom is 0.143 e. The van der Waals surface area contributed by atoms with Crippen molar-refractivity contribution in [2.45, 2.75) is 13.0 Å². The summed E-state index contributed by atoms with van der Waals surface area (Å²) in [5, 5.41) is 10.4. The summed E-state index contributed by atoms with van der Waals surface area (Å²) in [5.74, 6) is 0. The van der Waals surface area contributed by atoms with Crippen LogP contribution < -0.4 is 0 Å². The van der Waals surface area contributed by atoms with Crippen molar-refractivity contribution in [3.05, 3.63) is 35.9 Å². The predicted molar refractivity (Wildman–Crippen MR) is 49.4 cm³/mol. The molecule has 0 aromatic heterocycles. The zero-order valence-corrected chi connectivity index (χ0v) is 7.55. The first-order valence-corrected chi connectivity index (χ1v) is 4.25. The lowest BCUT2D eigenvalue weighted by molar-refractivity contribution is -0.142. The van der Waals surface area contributed by atoms with Crippen molar-refractivity contribution in [2.75, 3.05) is 6.54 Å². The van der Waals surface area contributed by atoms with E-state index in [2.05, 4.69) is 0 Å². The lowest BCUT2D eigenvalue weighted by Gasteiger charge is -2.19. The Labute approximate surface area is 77.6 Å². The molecular formula is C10H13NO2. The van der Waals surface area contributed by atoms with Crippen LogP contribution in [0.2, 0.25) is 0 Å². The van der Waals surface area contributed by atoms with Gasteiger partial charge in [0, 0.05) is 6.54 Å². The molecule has 0 amide bonds. The van der Waals surface area contributed by atoms with Crippen LogP contribution in [-0.4, -0.2) is 23.1 Å². The molecule has 0 aliphatic rings. The monoisotopic (exact) mass is 179 g/mol. The Morgan fingerprint density at radius 3 is 2.54 bits per heavy atom. The standard InChI is InChI=1S/C10H13NO2/c1-2-11(13)10(8-12)9-6-4-3-5-7-9/h3-8,10,13H,2H2,1H3. The molecule has 1 aromatic carbocycles. The van der Waals surface area contributed by atoms with Gasteiger partial charge in [0.15, 0.2) is 0 Å². The fourth-order valence-corrected chi connectivity index (χ4v) is 1.17. The molecule has 3 nitrogen and oxygen atoms in total. The van der Waals surface area contributed by atoms with Gasteiger partial charge < -0.3 is 10.0 Å². The molecule has 1 atom stereocenters. The van der Waals surface area contributed by atoms with Gasteiger partial charge >= 0.3 is 0 Å². The van der Waals surface area contributed by atoms with Crippen LogP contribution in [0.3, 0.4) is 0 Å². The number of hydrogen-bond acceptors (Lipinski definition) is 3. The number of carbonyl (C=O) groups excluding carboxylic acids is 1. The smallest absolute Gasteiger partial charge is 0.143 e. The summed E-state index contributed by atoms with van der Waals surface area (Å²) in [4.78, 5) is 10.7. The highest BCUT2D eigenvalue weighted by Gasteiger charge is 2.15. The zero-order valence-electron chi connectivity index (χ0n) is 7.55. The summed E-state index contributed by atoms with van der Waals surface area (Å²) in [5.41, 5.74) is 0.807. The molecule has 0 aliphatic carbocycles. The number of carbonyl (C=O) groups is 1. The van der Waals surface area contributed by atoms with E-state index in [0.717, 1.165) is 16.9 Å². The Morgan fingerprint density at radius 1 is 1.46 bits per heavy atom. The highest BCUT2D eigenvalue weighted by atomic mass is 16.5. The van der Waals surface area contributed by atoms with E-state index < -0.39 is 6.04 Å². The number of benzene rings is 1. The summed E-state index contributed by atoms with van der Waals surface area (Å²) in [6.45, 7) is 2.22. The number of hydrogen-bond donors (Lipinski definition) is 1. The van der Waals surface area contributed by atoms with E-state index in [1.54, 1.807) is 6.92 Å². The van der Waals surface area contributed by atoms with Gasteiger partial charge in [-0.05, 0) is 5.56 Å². The van der Waals surface area contributed by atoms with Gasteiger partial charge in [0.25, 0.3) is 0 Å². The Balaban J connectivity index is 2.84. The third-order valence-corrected chi connectivity index (χ3v) is 1.92. The van der Waals surface area contributed by atoms with Crippen LogP contribution in [-0.2, 0) is 4.79 Å². The second-order valence-corrected chi connectivity index (χ2v) is 2.75. The van der Waals surface area contributed by atoms with E-state index in [-0.39, 0.29) is 0 Å². The van der Waals surface area contributed by atoms with Crippen molar-refractivity contribution in [3.63, 3.8) is 0 Å². The summed E-state index contributed by atoms with van der Waals surface area (Å²) >= 11 is 0. The topological polar surface area (TPSA) is 40.5 Å². The number of likely N-dealkylation sites (N-methyl/N-ethyl adjacent to an activating group) is 1. The molecule has 13 heavy (non-hydrogen) atoms. The first-order chi connectivity index (χ1) is 6.29. The number of aldehydes is 1. The first kappa shape index (κ1) is 9.89. The van der Waals surface area contributed by atoms with Gasteiger partial charge in [0.2, 0.25) is 0 Å².